The molecule has 1 aliphatic carbocycles. The Morgan fingerprint density at radius 3 is 1.23 bits per heavy atom. The van der Waals surface area contributed by atoms with Crippen LogP contribution in [0.15, 0.2) is 189 Å². The van der Waals surface area contributed by atoms with E-state index in [4.69, 9.17) is 16.6 Å². The topological polar surface area (TPSA) is 99.5 Å². The van der Waals surface area contributed by atoms with Crippen molar-refractivity contribution >= 4 is 49.8 Å². The summed E-state index contributed by atoms with van der Waals surface area (Å²) in [5, 5.41) is 22.1. The van der Waals surface area contributed by atoms with E-state index in [0.29, 0.717) is 0 Å². The maximum absolute atomic E-state index is 8.71. The minimum Gasteiger partial charge on any atom is -0.398 e. The smallest absolute Gasteiger partial charge is 0.0873 e. The van der Waals surface area contributed by atoms with Crippen LogP contribution in [0.1, 0.15) is 11.1 Å². The largest absolute Gasteiger partial charge is 0.398 e. The molecule has 0 saturated carbocycles. The van der Waals surface area contributed by atoms with Crippen LogP contribution in [-0.2, 0) is 0 Å². The van der Waals surface area contributed by atoms with E-state index in [1.54, 1.807) is 12.4 Å². The summed E-state index contributed by atoms with van der Waals surface area (Å²) in [5.41, 5.74) is 17.6. The number of fused-ring (bicyclic) bond motifs is 2. The van der Waals surface area contributed by atoms with Crippen LogP contribution in [0, 0.1) is 10.8 Å². The molecule has 5 heteroatoms. The first-order chi connectivity index (χ1) is 26.1. The second kappa shape index (κ2) is 14.5. The molecule has 4 N–H and O–H groups in total. The summed E-state index contributed by atoms with van der Waals surface area (Å²) in [4.78, 5) is 8.40. The molecule has 0 bridgehead atoms. The molecule has 1 aliphatic rings. The van der Waals surface area contributed by atoms with E-state index in [1.165, 1.54) is 21.9 Å². The molecule has 8 aromatic rings. The van der Waals surface area contributed by atoms with Crippen LogP contribution in [0.2, 0.25) is 0 Å². The lowest BCUT2D eigenvalue weighted by molar-refractivity contribution is 1.33. The quantitative estimate of drug-likeness (QED) is 0.0957. The summed E-state index contributed by atoms with van der Waals surface area (Å²) in [6.45, 7) is 0. The number of rotatable bonds is 5. The summed E-state index contributed by atoms with van der Waals surface area (Å²) >= 11 is 0. The summed E-state index contributed by atoms with van der Waals surface area (Å²) in [6.07, 6.45) is 11.0. The van der Waals surface area contributed by atoms with Gasteiger partial charge >= 0.3 is 0 Å². The molecule has 5 nitrogen and oxygen atoms in total. The van der Waals surface area contributed by atoms with Gasteiger partial charge in [0.25, 0.3) is 0 Å². The molecule has 0 unspecified atom stereocenters. The first kappa shape index (κ1) is 32.9. The first-order valence-corrected chi connectivity index (χ1v) is 17.4. The Labute approximate surface area is 308 Å². The van der Waals surface area contributed by atoms with Crippen molar-refractivity contribution < 1.29 is 0 Å². The van der Waals surface area contributed by atoms with Crippen LogP contribution in [-0.4, -0.2) is 21.4 Å². The van der Waals surface area contributed by atoms with Gasteiger partial charge in [0, 0.05) is 63.5 Å². The van der Waals surface area contributed by atoms with Gasteiger partial charge in [-0.05, 0) is 68.4 Å². The lowest BCUT2D eigenvalue weighted by Gasteiger charge is -2.19. The van der Waals surface area contributed by atoms with Crippen LogP contribution in [0.25, 0.3) is 66.1 Å². The molecule has 0 radical (unpaired) electrons. The monoisotopic (exact) mass is 681 g/mol. The Morgan fingerprint density at radius 1 is 0.377 bits per heavy atom. The van der Waals surface area contributed by atoms with Crippen molar-refractivity contribution in [3.8, 4) is 33.4 Å². The lowest BCUT2D eigenvalue weighted by Crippen LogP contribution is -2.18. The minimum atomic E-state index is 0.220. The number of anilines is 1. The first-order valence-electron chi connectivity index (χ1n) is 17.4. The Hall–Kier alpha value is -7.24. The van der Waals surface area contributed by atoms with Gasteiger partial charge in [0.1, 0.15) is 0 Å². The number of aromatic nitrogens is 2. The second-order valence-electron chi connectivity index (χ2n) is 12.8. The molecule has 2 aromatic heterocycles. The highest BCUT2D eigenvalue weighted by atomic mass is 14.6. The van der Waals surface area contributed by atoms with E-state index in [9.17, 15) is 0 Å². The number of benzene rings is 6. The second-order valence-corrected chi connectivity index (χ2v) is 12.8. The molecule has 0 aliphatic heterocycles. The van der Waals surface area contributed by atoms with Crippen molar-refractivity contribution in [2.45, 2.75) is 0 Å². The van der Waals surface area contributed by atoms with Crippen LogP contribution >= 0.6 is 0 Å². The number of nitrogens with zero attached hydrogens (tertiary/aromatic N) is 2. The number of hydrogen-bond donors (Lipinski definition) is 3. The standard InChI is InChI=1S/C28H20N4.C20H15N/c29-27-25(21-7-1-5-19(15-21)23-9-3-13-31-17-23)11-12-26(28(27)30)22-8-2-6-20(16-22)24-10-4-14-32-18-24;21-20-17-12-6-4-10-15(17)19(14-8-2-1-3-9-14)16-11-5-7-13-18(16)20/h1-18,29-30H;1-13H,21H2. The predicted octanol–water partition coefficient (Wildman–Crippen LogP) is 11.6. The van der Waals surface area contributed by atoms with Gasteiger partial charge < -0.3 is 5.73 Å². The van der Waals surface area contributed by atoms with E-state index in [1.807, 2.05) is 116 Å². The maximum Gasteiger partial charge on any atom is 0.0873 e. The molecule has 0 fully saturated rings. The van der Waals surface area contributed by atoms with Crippen LogP contribution in [0.3, 0.4) is 0 Å². The fourth-order valence-electron chi connectivity index (χ4n) is 6.96. The average molecular weight is 682 g/mol. The van der Waals surface area contributed by atoms with E-state index < -0.39 is 0 Å². The summed E-state index contributed by atoms with van der Waals surface area (Å²) in [6, 6.07) is 51.2. The van der Waals surface area contributed by atoms with Crippen molar-refractivity contribution in [1.82, 2.24) is 9.97 Å². The van der Waals surface area contributed by atoms with E-state index in [2.05, 4.69) is 70.6 Å². The molecule has 2 heterocycles. The van der Waals surface area contributed by atoms with Crippen molar-refractivity contribution in [1.29, 1.82) is 10.8 Å². The zero-order valence-corrected chi connectivity index (χ0v) is 28.9. The van der Waals surface area contributed by atoms with Gasteiger partial charge in [0.2, 0.25) is 0 Å². The molecule has 252 valence electrons. The van der Waals surface area contributed by atoms with Crippen molar-refractivity contribution in [3.05, 3.63) is 200 Å². The Kier molecular flexibility index (Phi) is 9.04. The van der Waals surface area contributed by atoms with Crippen molar-refractivity contribution in [3.63, 3.8) is 0 Å². The van der Waals surface area contributed by atoms with E-state index >= 15 is 0 Å². The third-order valence-corrected chi connectivity index (χ3v) is 9.58. The van der Waals surface area contributed by atoms with Crippen LogP contribution in [0.5, 0.6) is 0 Å². The Morgan fingerprint density at radius 2 is 0.774 bits per heavy atom. The van der Waals surface area contributed by atoms with Gasteiger partial charge in [0.05, 0.1) is 11.4 Å². The Bertz CT molecular complexity index is 2530. The highest BCUT2D eigenvalue weighted by molar-refractivity contribution is 6.68. The van der Waals surface area contributed by atoms with Gasteiger partial charge in [-0.3, -0.25) is 20.8 Å². The minimum absolute atomic E-state index is 0.220. The van der Waals surface area contributed by atoms with Gasteiger partial charge in [0.15, 0.2) is 0 Å². The molecule has 0 atom stereocenters. The summed E-state index contributed by atoms with van der Waals surface area (Å²) in [7, 11) is 0. The maximum atomic E-state index is 8.71. The average Bonchev–Trinajstić information content (AvgIpc) is 3.23. The van der Waals surface area contributed by atoms with E-state index in [-0.39, 0.29) is 11.4 Å². The number of nitrogens with one attached hydrogen (secondary N) is 2. The van der Waals surface area contributed by atoms with Gasteiger partial charge in [-0.2, -0.15) is 0 Å². The highest BCUT2D eigenvalue weighted by Crippen LogP contribution is 2.40. The third-order valence-electron chi connectivity index (χ3n) is 9.58. The van der Waals surface area contributed by atoms with E-state index in [0.717, 1.165) is 61.0 Å². The predicted molar refractivity (Wildman–Crippen MR) is 222 cm³/mol. The molecule has 0 spiro atoms. The van der Waals surface area contributed by atoms with Crippen molar-refractivity contribution in [2.75, 3.05) is 5.73 Å². The number of hydrogen-bond acceptors (Lipinski definition) is 5. The molecular weight excluding hydrogens is 647 g/mol. The lowest BCUT2D eigenvalue weighted by atomic mass is 9.85. The van der Waals surface area contributed by atoms with Crippen LogP contribution in [0.4, 0.5) is 5.69 Å². The zero-order valence-electron chi connectivity index (χ0n) is 28.9. The summed E-state index contributed by atoms with van der Waals surface area (Å²) in [5.74, 6) is 0. The molecule has 9 rings (SSSR count). The summed E-state index contributed by atoms with van der Waals surface area (Å²) < 4.78 is 0. The number of allylic oxidation sites excluding steroid dienone is 4. The highest BCUT2D eigenvalue weighted by Gasteiger charge is 2.22. The fraction of sp³-hybridized carbons (Fsp3) is 0. The van der Waals surface area contributed by atoms with Gasteiger partial charge in [-0.25, -0.2) is 0 Å². The number of pyridine rings is 2. The van der Waals surface area contributed by atoms with Gasteiger partial charge in [-0.1, -0.05) is 140 Å². The SMILES string of the molecule is N=C1C(=N)C(c2cccc(-c3cccnc3)c2)=CC=C1c1cccc(-c2cccnc2)c1.Nc1c2ccccc2c(-c2ccccc2)c2ccccc12. The molecule has 0 saturated heterocycles. The molecule has 6 aromatic carbocycles. The van der Waals surface area contributed by atoms with Gasteiger partial charge in [-0.15, -0.1) is 0 Å². The molecular formula is C48H35N5. The Balaban J connectivity index is 0.000000164. The zero-order chi connectivity index (χ0) is 36.1. The molecule has 53 heavy (non-hydrogen) atoms. The number of nitrogen functional groups attached to an aromatic ring is 1. The van der Waals surface area contributed by atoms with Crippen molar-refractivity contribution in [2.24, 2.45) is 0 Å². The molecule has 0 amide bonds. The fourth-order valence-corrected chi connectivity index (χ4v) is 6.96. The van der Waals surface area contributed by atoms with Crippen LogP contribution < -0.4 is 5.73 Å². The normalized spacial score (nSPS) is 12.5. The third kappa shape index (κ3) is 6.55. The number of nitrogens with two attached hydrogens (primary N) is 1.